The third kappa shape index (κ3) is 1.79. The Labute approximate surface area is 93.0 Å². The predicted molar refractivity (Wildman–Crippen MR) is 61.8 cm³/mol. The molecular weight excluding hydrogens is 204 g/mol. The first-order valence-corrected chi connectivity index (χ1v) is 4.86. The van der Waals surface area contributed by atoms with Crippen molar-refractivity contribution in [2.75, 3.05) is 12.4 Å². The van der Waals surface area contributed by atoms with Crippen LogP contribution in [0.4, 0.5) is 5.69 Å². The summed E-state index contributed by atoms with van der Waals surface area (Å²) in [5.74, 6) is 0.547. The van der Waals surface area contributed by atoms with Gasteiger partial charge in [0.25, 0.3) is 0 Å². The molecule has 0 spiro atoms. The number of hydrogen-bond donors (Lipinski definition) is 2. The zero-order chi connectivity index (χ0) is 11.5. The average molecular weight is 216 g/mol. The Morgan fingerprint density at radius 3 is 2.81 bits per heavy atom. The van der Waals surface area contributed by atoms with Crippen molar-refractivity contribution in [3.8, 4) is 11.4 Å². The highest BCUT2D eigenvalue weighted by Gasteiger charge is 2.08. The van der Waals surface area contributed by atoms with Crippen LogP contribution in [0.2, 0.25) is 0 Å². The van der Waals surface area contributed by atoms with Gasteiger partial charge < -0.3 is 15.2 Å². The summed E-state index contributed by atoms with van der Waals surface area (Å²) < 4.78 is 4.70. The molecule has 2 N–H and O–H groups in total. The Bertz CT molecular complexity index is 505. The molecule has 0 aliphatic carbocycles. The molecule has 5 nitrogen and oxygen atoms in total. The number of aromatic nitrogens is 2. The molecule has 0 unspecified atom stereocenters. The van der Waals surface area contributed by atoms with Crippen molar-refractivity contribution >= 4 is 11.4 Å². The Hall–Kier alpha value is -2.17. The molecule has 0 bridgehead atoms. The highest BCUT2D eigenvalue weighted by Crippen LogP contribution is 2.23. The van der Waals surface area contributed by atoms with E-state index in [0.29, 0.717) is 11.5 Å². The van der Waals surface area contributed by atoms with E-state index in [1.165, 1.54) is 6.39 Å². The van der Waals surface area contributed by atoms with Gasteiger partial charge in [-0.05, 0) is 13.0 Å². The molecule has 0 saturated heterocycles. The topological polar surface area (TPSA) is 74.8 Å². The maximum Gasteiger partial charge on any atom is 0.214 e. The number of anilines is 1. The minimum Gasteiger partial charge on any atom is -0.388 e. The van der Waals surface area contributed by atoms with E-state index in [1.54, 1.807) is 6.92 Å². The summed E-state index contributed by atoms with van der Waals surface area (Å²) in [6, 6.07) is 5.65. The molecule has 0 aliphatic heterocycles. The fourth-order valence-corrected chi connectivity index (χ4v) is 1.51. The van der Waals surface area contributed by atoms with Gasteiger partial charge in [0.05, 0.1) is 0 Å². The zero-order valence-corrected chi connectivity index (χ0v) is 9.11. The standard InChI is InChI=1S/C11H12N4O/c1-7(12)9-4-3-8(5-10(9)13-2)11-14-6-16-15-11/h3-6,12-13H,1-2H3. The third-order valence-electron chi connectivity index (χ3n) is 2.31. The van der Waals surface area contributed by atoms with Gasteiger partial charge >= 0.3 is 0 Å². The second-order valence-corrected chi connectivity index (χ2v) is 3.39. The molecule has 1 aromatic heterocycles. The van der Waals surface area contributed by atoms with Gasteiger partial charge in [-0.2, -0.15) is 4.98 Å². The fraction of sp³-hybridized carbons (Fsp3) is 0.182. The van der Waals surface area contributed by atoms with E-state index in [9.17, 15) is 0 Å². The van der Waals surface area contributed by atoms with Crippen LogP contribution in [-0.4, -0.2) is 22.9 Å². The Morgan fingerprint density at radius 1 is 1.44 bits per heavy atom. The number of nitrogens with zero attached hydrogens (tertiary/aromatic N) is 2. The molecule has 0 amide bonds. The molecule has 82 valence electrons. The van der Waals surface area contributed by atoms with E-state index in [4.69, 9.17) is 9.93 Å². The van der Waals surface area contributed by atoms with Gasteiger partial charge in [0, 0.05) is 29.6 Å². The molecule has 1 heterocycles. The van der Waals surface area contributed by atoms with Crippen LogP contribution in [0.5, 0.6) is 0 Å². The van der Waals surface area contributed by atoms with Crippen LogP contribution in [0.3, 0.4) is 0 Å². The Morgan fingerprint density at radius 2 is 2.25 bits per heavy atom. The van der Waals surface area contributed by atoms with Gasteiger partial charge in [-0.25, -0.2) is 0 Å². The highest BCUT2D eigenvalue weighted by molar-refractivity contribution is 6.02. The highest BCUT2D eigenvalue weighted by atomic mass is 16.5. The predicted octanol–water partition coefficient (Wildman–Crippen LogP) is 2.17. The van der Waals surface area contributed by atoms with Crippen molar-refractivity contribution in [3.05, 3.63) is 30.2 Å². The number of benzene rings is 1. The lowest BCUT2D eigenvalue weighted by Crippen LogP contribution is -2.00. The molecule has 2 rings (SSSR count). The lowest BCUT2D eigenvalue weighted by molar-refractivity contribution is 0.419. The van der Waals surface area contributed by atoms with Crippen LogP contribution < -0.4 is 5.32 Å². The van der Waals surface area contributed by atoms with Gasteiger partial charge in [0.15, 0.2) is 0 Å². The number of rotatable bonds is 3. The molecule has 0 aliphatic rings. The van der Waals surface area contributed by atoms with E-state index >= 15 is 0 Å². The van der Waals surface area contributed by atoms with Gasteiger partial charge in [-0.3, -0.25) is 0 Å². The van der Waals surface area contributed by atoms with Crippen LogP contribution in [0.15, 0.2) is 29.1 Å². The summed E-state index contributed by atoms with van der Waals surface area (Å²) in [5.41, 5.74) is 3.14. The summed E-state index contributed by atoms with van der Waals surface area (Å²) in [6.07, 6.45) is 1.30. The smallest absolute Gasteiger partial charge is 0.214 e. The van der Waals surface area contributed by atoms with Crippen molar-refractivity contribution < 1.29 is 4.52 Å². The Balaban J connectivity index is 2.49. The average Bonchev–Trinajstić information content (AvgIpc) is 2.81. The van der Waals surface area contributed by atoms with Crippen LogP contribution in [-0.2, 0) is 0 Å². The number of nitrogens with one attached hydrogen (secondary N) is 2. The fourth-order valence-electron chi connectivity index (χ4n) is 1.51. The minimum atomic E-state index is 0.518. The monoisotopic (exact) mass is 216 g/mol. The van der Waals surface area contributed by atoms with E-state index < -0.39 is 0 Å². The molecule has 5 heteroatoms. The summed E-state index contributed by atoms with van der Waals surface area (Å²) in [6.45, 7) is 1.75. The molecule has 0 saturated carbocycles. The van der Waals surface area contributed by atoms with Crippen molar-refractivity contribution in [1.29, 1.82) is 5.41 Å². The molecule has 0 fully saturated rings. The van der Waals surface area contributed by atoms with E-state index in [1.807, 2.05) is 25.2 Å². The third-order valence-corrected chi connectivity index (χ3v) is 2.31. The van der Waals surface area contributed by atoms with Crippen molar-refractivity contribution in [3.63, 3.8) is 0 Å². The van der Waals surface area contributed by atoms with Gasteiger partial charge in [-0.15, -0.1) is 0 Å². The molecule has 2 aromatic rings. The zero-order valence-electron chi connectivity index (χ0n) is 9.11. The molecule has 0 atom stereocenters. The minimum absolute atomic E-state index is 0.518. The van der Waals surface area contributed by atoms with Crippen molar-refractivity contribution in [2.45, 2.75) is 6.92 Å². The summed E-state index contributed by atoms with van der Waals surface area (Å²) >= 11 is 0. The quantitative estimate of drug-likeness (QED) is 0.771. The molecule has 1 aromatic carbocycles. The van der Waals surface area contributed by atoms with Crippen LogP contribution >= 0.6 is 0 Å². The Kier molecular flexibility index (Phi) is 2.68. The van der Waals surface area contributed by atoms with Crippen LogP contribution in [0.25, 0.3) is 11.4 Å². The van der Waals surface area contributed by atoms with Gasteiger partial charge in [-0.1, -0.05) is 17.3 Å². The maximum atomic E-state index is 7.63. The van der Waals surface area contributed by atoms with Gasteiger partial charge in [0.2, 0.25) is 12.2 Å². The van der Waals surface area contributed by atoms with Gasteiger partial charge in [0.1, 0.15) is 0 Å². The summed E-state index contributed by atoms with van der Waals surface area (Å²) in [7, 11) is 1.82. The second-order valence-electron chi connectivity index (χ2n) is 3.39. The summed E-state index contributed by atoms with van der Waals surface area (Å²) in [5, 5.41) is 14.5. The van der Waals surface area contributed by atoms with Crippen molar-refractivity contribution in [1.82, 2.24) is 10.1 Å². The first-order valence-electron chi connectivity index (χ1n) is 4.86. The number of hydrogen-bond acceptors (Lipinski definition) is 5. The first-order chi connectivity index (χ1) is 7.72. The second kappa shape index (κ2) is 4.14. The maximum absolute atomic E-state index is 7.63. The first kappa shape index (κ1) is 10.4. The lowest BCUT2D eigenvalue weighted by Gasteiger charge is -2.08. The van der Waals surface area contributed by atoms with E-state index in [-0.39, 0.29) is 0 Å². The normalized spacial score (nSPS) is 10.1. The van der Waals surface area contributed by atoms with Crippen LogP contribution in [0, 0.1) is 5.41 Å². The molecule has 16 heavy (non-hydrogen) atoms. The van der Waals surface area contributed by atoms with Crippen LogP contribution in [0.1, 0.15) is 12.5 Å². The lowest BCUT2D eigenvalue weighted by atomic mass is 10.1. The van der Waals surface area contributed by atoms with E-state index in [0.717, 1.165) is 16.8 Å². The molecule has 0 radical (unpaired) electrons. The molecular formula is C11H12N4O. The van der Waals surface area contributed by atoms with Crippen molar-refractivity contribution in [2.24, 2.45) is 0 Å². The van der Waals surface area contributed by atoms with E-state index in [2.05, 4.69) is 15.5 Å². The summed E-state index contributed by atoms with van der Waals surface area (Å²) in [4.78, 5) is 3.98. The SMILES string of the molecule is CNc1cc(-c2ncon2)ccc1C(C)=N. The largest absolute Gasteiger partial charge is 0.388 e.